The molecule has 1 amide bonds. The van der Waals surface area contributed by atoms with Crippen LogP contribution < -0.4 is 5.32 Å². The van der Waals surface area contributed by atoms with Crippen LogP contribution in [0.4, 0.5) is 4.39 Å². The lowest BCUT2D eigenvalue weighted by molar-refractivity contribution is -0.122. The molecule has 106 valence electrons. The Bertz CT molecular complexity index is 521. The quantitative estimate of drug-likeness (QED) is 0.847. The fraction of sp³-hybridized carbons (Fsp3) is 0.467. The first kappa shape index (κ1) is 14.9. The summed E-state index contributed by atoms with van der Waals surface area (Å²) in [5.74, 6) is 0.119. The number of thioether (sulfide) groups is 1. The van der Waals surface area contributed by atoms with Crippen molar-refractivity contribution in [1.29, 1.82) is 5.26 Å². The van der Waals surface area contributed by atoms with Crippen molar-refractivity contribution in [1.82, 2.24) is 5.32 Å². The van der Waals surface area contributed by atoms with Gasteiger partial charge in [0.25, 0.3) is 0 Å². The van der Waals surface area contributed by atoms with Crippen molar-refractivity contribution >= 4 is 17.7 Å². The minimum Gasteiger partial charge on any atom is -0.338 e. The van der Waals surface area contributed by atoms with Crippen LogP contribution >= 0.6 is 11.8 Å². The van der Waals surface area contributed by atoms with Crippen LogP contribution in [0.5, 0.6) is 0 Å². The lowest BCUT2D eigenvalue weighted by Gasteiger charge is -2.21. The van der Waals surface area contributed by atoms with Gasteiger partial charge < -0.3 is 5.32 Å². The van der Waals surface area contributed by atoms with Crippen molar-refractivity contribution in [2.24, 2.45) is 0 Å². The molecular weight excluding hydrogens is 275 g/mol. The van der Waals surface area contributed by atoms with E-state index < -0.39 is 5.54 Å². The summed E-state index contributed by atoms with van der Waals surface area (Å²) in [4.78, 5) is 12.4. The second kappa shape index (κ2) is 6.76. The fourth-order valence-electron chi connectivity index (χ4n) is 2.39. The smallest absolute Gasteiger partial charge is 0.222 e. The Kier molecular flexibility index (Phi) is 5.02. The normalized spacial score (nSPS) is 16.6. The van der Waals surface area contributed by atoms with Crippen LogP contribution in [0.15, 0.2) is 29.2 Å². The van der Waals surface area contributed by atoms with E-state index in [2.05, 4.69) is 11.4 Å². The molecule has 0 radical (unpaired) electrons. The zero-order valence-corrected chi connectivity index (χ0v) is 12.0. The van der Waals surface area contributed by atoms with Crippen LogP contribution in [-0.2, 0) is 4.79 Å². The minimum atomic E-state index is -0.667. The molecule has 20 heavy (non-hydrogen) atoms. The molecule has 1 saturated carbocycles. The van der Waals surface area contributed by atoms with Crippen molar-refractivity contribution < 1.29 is 9.18 Å². The van der Waals surface area contributed by atoms with Crippen LogP contribution in [0.3, 0.4) is 0 Å². The lowest BCUT2D eigenvalue weighted by Crippen LogP contribution is -2.45. The molecule has 1 aromatic carbocycles. The van der Waals surface area contributed by atoms with E-state index in [9.17, 15) is 14.4 Å². The summed E-state index contributed by atoms with van der Waals surface area (Å²) in [6.45, 7) is 0. The van der Waals surface area contributed by atoms with Gasteiger partial charge in [-0.3, -0.25) is 4.79 Å². The summed E-state index contributed by atoms with van der Waals surface area (Å²) >= 11 is 1.32. The third kappa shape index (κ3) is 3.73. The number of nitrogens with one attached hydrogen (secondary N) is 1. The third-order valence-corrected chi connectivity index (χ3v) is 4.52. The SMILES string of the molecule is N#CC1(NC(=O)CCSc2ccccc2F)CCCC1. The zero-order chi connectivity index (χ0) is 14.4. The van der Waals surface area contributed by atoms with Gasteiger partial charge in [0.2, 0.25) is 5.91 Å². The highest BCUT2D eigenvalue weighted by atomic mass is 32.2. The average Bonchev–Trinajstić information content (AvgIpc) is 2.90. The largest absolute Gasteiger partial charge is 0.338 e. The Morgan fingerprint density at radius 2 is 2.10 bits per heavy atom. The van der Waals surface area contributed by atoms with E-state index in [4.69, 9.17) is 0 Å². The second-order valence-electron chi connectivity index (χ2n) is 4.98. The number of hydrogen-bond acceptors (Lipinski definition) is 3. The van der Waals surface area contributed by atoms with Crippen molar-refractivity contribution in [2.45, 2.75) is 42.5 Å². The molecule has 0 heterocycles. The topological polar surface area (TPSA) is 52.9 Å². The maximum Gasteiger partial charge on any atom is 0.222 e. The summed E-state index contributed by atoms with van der Waals surface area (Å²) in [7, 11) is 0. The average molecular weight is 292 g/mol. The Morgan fingerprint density at radius 1 is 1.40 bits per heavy atom. The molecule has 0 atom stereocenters. The van der Waals surface area contributed by atoms with E-state index in [1.165, 1.54) is 17.8 Å². The van der Waals surface area contributed by atoms with Gasteiger partial charge in [-0.25, -0.2) is 4.39 Å². The highest BCUT2D eigenvalue weighted by Gasteiger charge is 2.35. The molecule has 0 aromatic heterocycles. The van der Waals surface area contributed by atoms with Crippen LogP contribution in [0, 0.1) is 17.1 Å². The number of carbonyl (C=O) groups is 1. The molecule has 1 aromatic rings. The maximum absolute atomic E-state index is 13.4. The summed E-state index contributed by atoms with van der Waals surface area (Å²) in [6.07, 6.45) is 3.73. The van der Waals surface area contributed by atoms with Gasteiger partial charge in [0.1, 0.15) is 11.4 Å². The highest BCUT2D eigenvalue weighted by Crippen LogP contribution is 2.29. The van der Waals surface area contributed by atoms with E-state index in [0.717, 1.165) is 25.7 Å². The molecular formula is C15H17FN2OS. The van der Waals surface area contributed by atoms with E-state index >= 15 is 0 Å². The molecule has 1 N–H and O–H groups in total. The van der Waals surface area contributed by atoms with Gasteiger partial charge in [0, 0.05) is 17.1 Å². The van der Waals surface area contributed by atoms with Gasteiger partial charge in [0.05, 0.1) is 6.07 Å². The summed E-state index contributed by atoms with van der Waals surface area (Å²) in [5.41, 5.74) is -0.667. The predicted molar refractivity (Wildman–Crippen MR) is 76.7 cm³/mol. The summed E-state index contributed by atoms with van der Waals surface area (Å²) in [6, 6.07) is 8.75. The molecule has 0 aliphatic heterocycles. The first-order valence-electron chi connectivity index (χ1n) is 6.75. The van der Waals surface area contributed by atoms with Crippen LogP contribution in [0.2, 0.25) is 0 Å². The van der Waals surface area contributed by atoms with Gasteiger partial charge in [-0.05, 0) is 37.8 Å². The Balaban J connectivity index is 1.79. The maximum atomic E-state index is 13.4. The third-order valence-electron chi connectivity index (χ3n) is 3.47. The second-order valence-corrected chi connectivity index (χ2v) is 6.11. The predicted octanol–water partition coefficient (Wildman–Crippen LogP) is 3.26. The van der Waals surface area contributed by atoms with Crippen molar-refractivity contribution in [3.05, 3.63) is 30.1 Å². The van der Waals surface area contributed by atoms with Gasteiger partial charge in [0.15, 0.2) is 0 Å². The van der Waals surface area contributed by atoms with Crippen molar-refractivity contribution in [3.63, 3.8) is 0 Å². The molecule has 0 bridgehead atoms. The van der Waals surface area contributed by atoms with Gasteiger partial charge in [-0.15, -0.1) is 11.8 Å². The first-order chi connectivity index (χ1) is 9.65. The molecule has 1 aliphatic carbocycles. The number of nitrogens with zero attached hydrogens (tertiary/aromatic N) is 1. The number of halogens is 1. The van der Waals surface area contributed by atoms with Gasteiger partial charge in [-0.1, -0.05) is 12.1 Å². The molecule has 0 spiro atoms. The number of nitriles is 1. The molecule has 0 unspecified atom stereocenters. The number of benzene rings is 1. The highest BCUT2D eigenvalue weighted by molar-refractivity contribution is 7.99. The molecule has 2 rings (SSSR count). The van der Waals surface area contributed by atoms with Crippen LogP contribution in [0.25, 0.3) is 0 Å². The minimum absolute atomic E-state index is 0.128. The Labute approximate surface area is 122 Å². The van der Waals surface area contributed by atoms with Gasteiger partial charge in [-0.2, -0.15) is 5.26 Å². The standard InChI is InChI=1S/C15H17FN2OS/c16-12-5-1-2-6-13(12)20-10-7-14(19)18-15(11-17)8-3-4-9-15/h1-2,5-6H,3-4,7-10H2,(H,18,19). The van der Waals surface area contributed by atoms with Gasteiger partial charge >= 0.3 is 0 Å². The van der Waals surface area contributed by atoms with E-state index in [0.29, 0.717) is 17.1 Å². The Hall–Kier alpha value is -1.54. The van der Waals surface area contributed by atoms with E-state index in [1.807, 2.05) is 0 Å². The fourth-order valence-corrected chi connectivity index (χ4v) is 3.28. The summed E-state index contributed by atoms with van der Waals surface area (Å²) < 4.78 is 13.4. The first-order valence-corrected chi connectivity index (χ1v) is 7.73. The molecule has 1 fully saturated rings. The number of amides is 1. The van der Waals surface area contributed by atoms with Crippen molar-refractivity contribution in [2.75, 3.05) is 5.75 Å². The number of carbonyl (C=O) groups excluding carboxylic acids is 1. The van der Waals surface area contributed by atoms with Crippen molar-refractivity contribution in [3.8, 4) is 6.07 Å². The Morgan fingerprint density at radius 3 is 2.75 bits per heavy atom. The molecule has 3 nitrogen and oxygen atoms in total. The number of rotatable bonds is 5. The zero-order valence-electron chi connectivity index (χ0n) is 11.2. The monoisotopic (exact) mass is 292 g/mol. The summed E-state index contributed by atoms with van der Waals surface area (Å²) in [5, 5.41) is 12.0. The van der Waals surface area contributed by atoms with E-state index in [-0.39, 0.29) is 11.7 Å². The number of hydrogen-bond donors (Lipinski definition) is 1. The molecule has 5 heteroatoms. The van der Waals surface area contributed by atoms with Crippen LogP contribution in [-0.4, -0.2) is 17.2 Å². The molecule has 0 saturated heterocycles. The van der Waals surface area contributed by atoms with Crippen LogP contribution in [0.1, 0.15) is 32.1 Å². The lowest BCUT2D eigenvalue weighted by atomic mass is 10.00. The van der Waals surface area contributed by atoms with E-state index in [1.54, 1.807) is 18.2 Å². The molecule has 1 aliphatic rings.